The fourth-order valence-electron chi connectivity index (χ4n) is 2.05. The number of aryl methyl sites for hydroxylation is 2. The Morgan fingerprint density at radius 3 is 2.57 bits per heavy atom. The van der Waals surface area contributed by atoms with Gasteiger partial charge in [-0.2, -0.15) is 0 Å². The van der Waals surface area contributed by atoms with Crippen molar-refractivity contribution in [2.45, 2.75) is 31.8 Å². The highest BCUT2D eigenvalue weighted by atomic mass is 79.9. The first-order chi connectivity index (χ1) is 9.87. The van der Waals surface area contributed by atoms with Gasteiger partial charge in [-0.25, -0.2) is 8.42 Å². The minimum atomic E-state index is -3.63. The van der Waals surface area contributed by atoms with Gasteiger partial charge in [-0.15, -0.1) is 0 Å². The first-order valence-electron chi connectivity index (χ1n) is 6.55. The van der Waals surface area contributed by atoms with Crippen molar-refractivity contribution >= 4 is 31.6 Å². The summed E-state index contributed by atoms with van der Waals surface area (Å²) < 4.78 is 30.0. The molecule has 0 atom stereocenters. The number of sulfonamides is 1. The summed E-state index contributed by atoms with van der Waals surface area (Å²) in [6, 6.07) is 7.05. The Hall–Kier alpha value is -1.31. The number of rotatable bonds is 5. The molecular formula is C14H18BrN3O2S. The molecule has 0 saturated carbocycles. The second-order valence-corrected chi connectivity index (χ2v) is 7.28. The molecule has 0 spiro atoms. The third-order valence-electron chi connectivity index (χ3n) is 3.19. The lowest BCUT2D eigenvalue weighted by Crippen LogP contribution is -2.12. The van der Waals surface area contributed by atoms with E-state index in [4.69, 9.17) is 5.73 Å². The molecule has 114 valence electrons. The Bertz CT molecular complexity index is 732. The summed E-state index contributed by atoms with van der Waals surface area (Å²) in [6.07, 6.45) is 1.60. The van der Waals surface area contributed by atoms with Gasteiger partial charge in [0.1, 0.15) is 4.90 Å². The fraction of sp³-hybridized carbons (Fsp3) is 0.286. The van der Waals surface area contributed by atoms with Crippen LogP contribution >= 0.6 is 15.9 Å². The van der Waals surface area contributed by atoms with Crippen LogP contribution < -0.4 is 10.5 Å². The highest BCUT2D eigenvalue weighted by Crippen LogP contribution is 2.26. The predicted molar refractivity (Wildman–Crippen MR) is 87.7 cm³/mol. The second kappa shape index (κ2) is 6.21. The molecule has 0 aliphatic rings. The molecule has 0 aliphatic heterocycles. The van der Waals surface area contributed by atoms with Crippen molar-refractivity contribution in [1.29, 1.82) is 0 Å². The Labute approximate surface area is 133 Å². The van der Waals surface area contributed by atoms with E-state index < -0.39 is 10.0 Å². The maximum Gasteiger partial charge on any atom is 0.263 e. The maximum absolute atomic E-state index is 12.5. The molecule has 21 heavy (non-hydrogen) atoms. The molecule has 0 aliphatic carbocycles. The minimum absolute atomic E-state index is 0.220. The summed E-state index contributed by atoms with van der Waals surface area (Å²) in [4.78, 5) is 0.220. The van der Waals surface area contributed by atoms with E-state index in [1.165, 1.54) is 0 Å². The van der Waals surface area contributed by atoms with Gasteiger partial charge >= 0.3 is 0 Å². The van der Waals surface area contributed by atoms with E-state index in [0.717, 1.165) is 11.3 Å². The summed E-state index contributed by atoms with van der Waals surface area (Å²) in [5, 5.41) is 0. The second-order valence-electron chi connectivity index (χ2n) is 4.75. The summed E-state index contributed by atoms with van der Waals surface area (Å²) in [7, 11) is -3.63. The van der Waals surface area contributed by atoms with Crippen LogP contribution in [0.2, 0.25) is 0 Å². The highest BCUT2D eigenvalue weighted by Gasteiger charge is 2.19. The standard InChI is InChI=1S/C14H18BrN3O2S/c1-3-18-9-12(7-11(18)8-16)21(19,20)17-14-5-4-10(2)6-13(14)15/h4-7,9,17H,3,8,16H2,1-2H3. The van der Waals surface area contributed by atoms with Crippen LogP contribution in [0, 0.1) is 6.92 Å². The van der Waals surface area contributed by atoms with E-state index in [2.05, 4.69) is 20.7 Å². The van der Waals surface area contributed by atoms with Crippen molar-refractivity contribution in [2.75, 3.05) is 4.72 Å². The molecule has 0 amide bonds. The van der Waals surface area contributed by atoms with Crippen LogP contribution in [0.3, 0.4) is 0 Å². The molecule has 0 radical (unpaired) electrons. The van der Waals surface area contributed by atoms with Crippen molar-refractivity contribution in [3.05, 3.63) is 46.2 Å². The third-order valence-corrected chi connectivity index (χ3v) is 5.18. The molecular weight excluding hydrogens is 354 g/mol. The number of nitrogens with one attached hydrogen (secondary N) is 1. The quantitative estimate of drug-likeness (QED) is 0.847. The smallest absolute Gasteiger partial charge is 0.263 e. The van der Waals surface area contributed by atoms with Gasteiger partial charge in [0, 0.05) is 29.5 Å². The highest BCUT2D eigenvalue weighted by molar-refractivity contribution is 9.10. The van der Waals surface area contributed by atoms with Crippen molar-refractivity contribution in [3.63, 3.8) is 0 Å². The van der Waals surface area contributed by atoms with Crippen LogP contribution in [0.15, 0.2) is 39.8 Å². The Balaban J connectivity index is 2.36. The molecule has 0 bridgehead atoms. The SMILES string of the molecule is CCn1cc(S(=O)(=O)Nc2ccc(C)cc2Br)cc1CN. The lowest BCUT2D eigenvalue weighted by molar-refractivity contribution is 0.600. The van der Waals surface area contributed by atoms with E-state index in [9.17, 15) is 8.42 Å². The lowest BCUT2D eigenvalue weighted by Gasteiger charge is -2.09. The average molecular weight is 372 g/mol. The lowest BCUT2D eigenvalue weighted by atomic mass is 10.2. The van der Waals surface area contributed by atoms with Crippen LogP contribution in [0.25, 0.3) is 0 Å². The Morgan fingerprint density at radius 2 is 2.05 bits per heavy atom. The number of anilines is 1. The molecule has 1 aromatic carbocycles. The van der Waals surface area contributed by atoms with Gasteiger partial charge in [0.2, 0.25) is 0 Å². The van der Waals surface area contributed by atoms with Crippen LogP contribution in [-0.2, 0) is 23.1 Å². The van der Waals surface area contributed by atoms with Crippen LogP contribution in [-0.4, -0.2) is 13.0 Å². The largest absolute Gasteiger partial charge is 0.349 e. The summed E-state index contributed by atoms with van der Waals surface area (Å²) in [5.74, 6) is 0. The van der Waals surface area contributed by atoms with Crippen molar-refractivity contribution in [2.24, 2.45) is 5.73 Å². The maximum atomic E-state index is 12.5. The van der Waals surface area contributed by atoms with E-state index in [1.807, 2.05) is 30.5 Å². The Morgan fingerprint density at radius 1 is 1.33 bits per heavy atom. The third kappa shape index (κ3) is 3.48. The van der Waals surface area contributed by atoms with Gasteiger partial charge in [0.15, 0.2) is 0 Å². The van der Waals surface area contributed by atoms with Crippen LogP contribution in [0.4, 0.5) is 5.69 Å². The van der Waals surface area contributed by atoms with Gasteiger partial charge in [0.05, 0.1) is 5.69 Å². The Kier molecular flexibility index (Phi) is 4.75. The normalized spacial score (nSPS) is 11.6. The number of hydrogen-bond acceptors (Lipinski definition) is 3. The number of hydrogen-bond donors (Lipinski definition) is 2. The predicted octanol–water partition coefficient (Wildman–Crippen LogP) is 2.84. The number of aromatic nitrogens is 1. The van der Waals surface area contributed by atoms with Gasteiger partial charge in [-0.1, -0.05) is 6.07 Å². The van der Waals surface area contributed by atoms with E-state index in [0.29, 0.717) is 23.2 Å². The summed E-state index contributed by atoms with van der Waals surface area (Å²) in [5.41, 5.74) is 7.99. The molecule has 3 N–H and O–H groups in total. The number of benzene rings is 1. The van der Waals surface area contributed by atoms with Crippen molar-refractivity contribution in [3.8, 4) is 0 Å². The molecule has 5 nitrogen and oxygen atoms in total. The first kappa shape index (κ1) is 16.1. The molecule has 0 unspecified atom stereocenters. The van der Waals surface area contributed by atoms with Gasteiger partial charge in [-0.3, -0.25) is 4.72 Å². The zero-order valence-corrected chi connectivity index (χ0v) is 14.3. The van der Waals surface area contributed by atoms with Crippen LogP contribution in [0.1, 0.15) is 18.2 Å². The van der Waals surface area contributed by atoms with Crippen molar-refractivity contribution in [1.82, 2.24) is 4.57 Å². The summed E-state index contributed by atoms with van der Waals surface area (Å²) >= 11 is 3.37. The van der Waals surface area contributed by atoms with E-state index in [-0.39, 0.29) is 4.90 Å². The molecule has 0 fully saturated rings. The molecule has 2 aromatic rings. The van der Waals surface area contributed by atoms with Gasteiger partial charge < -0.3 is 10.3 Å². The molecule has 1 heterocycles. The molecule has 7 heteroatoms. The molecule has 0 saturated heterocycles. The minimum Gasteiger partial charge on any atom is -0.349 e. The molecule has 1 aromatic heterocycles. The van der Waals surface area contributed by atoms with Crippen LogP contribution in [0.5, 0.6) is 0 Å². The topological polar surface area (TPSA) is 77.1 Å². The number of halogens is 1. The number of nitrogens with two attached hydrogens (primary N) is 1. The zero-order chi connectivity index (χ0) is 15.6. The van der Waals surface area contributed by atoms with E-state index in [1.54, 1.807) is 18.3 Å². The first-order valence-corrected chi connectivity index (χ1v) is 8.83. The fourth-order valence-corrected chi connectivity index (χ4v) is 3.91. The van der Waals surface area contributed by atoms with Gasteiger partial charge in [0.25, 0.3) is 10.0 Å². The summed E-state index contributed by atoms with van der Waals surface area (Å²) in [6.45, 7) is 4.87. The zero-order valence-electron chi connectivity index (χ0n) is 11.9. The van der Waals surface area contributed by atoms with Crippen molar-refractivity contribution < 1.29 is 8.42 Å². The monoisotopic (exact) mass is 371 g/mol. The van der Waals surface area contributed by atoms with E-state index >= 15 is 0 Å². The van der Waals surface area contributed by atoms with Gasteiger partial charge in [-0.05, 0) is 53.5 Å². The average Bonchev–Trinajstić information content (AvgIpc) is 2.86. The molecule has 2 rings (SSSR count). The number of nitrogens with zero attached hydrogens (tertiary/aromatic N) is 1.